The number of aliphatic imine (C=N–C) groups is 1. The van der Waals surface area contributed by atoms with Crippen LogP contribution in [0.15, 0.2) is 41.7 Å². The summed E-state index contributed by atoms with van der Waals surface area (Å²) in [7, 11) is 0. The average molecular weight is 526 g/mol. The topological polar surface area (TPSA) is 74.5 Å². The maximum atomic E-state index is 10.4. The van der Waals surface area contributed by atoms with Gasteiger partial charge < -0.3 is 15.7 Å². The van der Waals surface area contributed by atoms with Crippen molar-refractivity contribution in [2.24, 2.45) is 10.9 Å². The van der Waals surface area contributed by atoms with Gasteiger partial charge in [-0.2, -0.15) is 5.10 Å². The fraction of sp³-hybridized carbons (Fsp3) is 0.444. The van der Waals surface area contributed by atoms with E-state index in [4.69, 9.17) is 23.2 Å². The van der Waals surface area contributed by atoms with E-state index in [0.717, 1.165) is 13.1 Å². The van der Waals surface area contributed by atoms with Gasteiger partial charge >= 0.3 is 0 Å². The van der Waals surface area contributed by atoms with Crippen molar-refractivity contribution >= 4 is 53.1 Å². The minimum atomic E-state index is -0.739. The highest BCUT2D eigenvalue weighted by Crippen LogP contribution is 2.23. The Balaban J connectivity index is 0.00000364. The highest BCUT2D eigenvalue weighted by atomic mass is 127. The zero-order valence-electron chi connectivity index (χ0n) is 15.4. The number of hydrogen-bond acceptors (Lipinski definition) is 3. The molecule has 1 heterocycles. The zero-order valence-corrected chi connectivity index (χ0v) is 19.2. The first-order valence-corrected chi connectivity index (χ1v) is 9.37. The Labute approximate surface area is 187 Å². The number of guanidine groups is 1. The minimum Gasteiger partial charge on any atom is -0.387 e. The van der Waals surface area contributed by atoms with Crippen molar-refractivity contribution in [3.63, 3.8) is 0 Å². The second-order valence-corrected chi connectivity index (χ2v) is 7.03. The Morgan fingerprint density at radius 2 is 1.96 bits per heavy atom. The molecule has 0 radical (unpaired) electrons. The third-order valence-corrected chi connectivity index (χ3v) is 4.13. The van der Waals surface area contributed by atoms with Gasteiger partial charge in [-0.25, -0.2) is 0 Å². The number of benzene rings is 1. The number of nitrogens with zero attached hydrogens (tertiary/aromatic N) is 3. The van der Waals surface area contributed by atoms with Gasteiger partial charge in [-0.1, -0.05) is 30.1 Å². The molecule has 2 atom stereocenters. The van der Waals surface area contributed by atoms with Crippen molar-refractivity contribution in [2.45, 2.75) is 26.5 Å². The number of hydrogen-bond donors (Lipinski definition) is 3. The number of nitrogens with one attached hydrogen (secondary N) is 2. The Hall–Kier alpha value is -1.03. The van der Waals surface area contributed by atoms with Crippen molar-refractivity contribution in [3.8, 4) is 0 Å². The van der Waals surface area contributed by atoms with E-state index in [2.05, 4.69) is 27.6 Å². The van der Waals surface area contributed by atoms with Crippen molar-refractivity contribution in [1.29, 1.82) is 0 Å². The molecule has 0 bridgehead atoms. The number of aliphatic hydroxyl groups excluding tert-OH is 1. The monoisotopic (exact) mass is 525 g/mol. The Morgan fingerprint density at radius 1 is 1.26 bits per heavy atom. The first-order chi connectivity index (χ1) is 12.5. The summed E-state index contributed by atoms with van der Waals surface area (Å²) in [5.74, 6) is 0.994. The maximum Gasteiger partial charge on any atom is 0.191 e. The van der Waals surface area contributed by atoms with Crippen LogP contribution < -0.4 is 10.6 Å². The van der Waals surface area contributed by atoms with Crippen LogP contribution in [0, 0.1) is 5.92 Å². The molecule has 0 saturated carbocycles. The van der Waals surface area contributed by atoms with E-state index in [9.17, 15) is 5.11 Å². The third-order valence-electron chi connectivity index (χ3n) is 3.70. The van der Waals surface area contributed by atoms with Crippen molar-refractivity contribution in [3.05, 3.63) is 52.3 Å². The second kappa shape index (κ2) is 12.4. The Bertz CT molecular complexity index is 692. The fourth-order valence-corrected chi connectivity index (χ4v) is 3.00. The second-order valence-electron chi connectivity index (χ2n) is 6.15. The first kappa shape index (κ1) is 24.0. The van der Waals surface area contributed by atoms with Gasteiger partial charge in [0, 0.05) is 48.6 Å². The molecular formula is C18H26Cl2IN5O. The van der Waals surface area contributed by atoms with Gasteiger partial charge in [0.05, 0.1) is 6.10 Å². The predicted molar refractivity (Wildman–Crippen MR) is 122 cm³/mol. The lowest BCUT2D eigenvalue weighted by Gasteiger charge is -2.17. The van der Waals surface area contributed by atoms with Crippen LogP contribution in [0.3, 0.4) is 0 Å². The zero-order chi connectivity index (χ0) is 18.9. The molecule has 6 nitrogen and oxygen atoms in total. The molecule has 0 saturated heterocycles. The van der Waals surface area contributed by atoms with E-state index in [1.165, 1.54) is 0 Å². The lowest BCUT2D eigenvalue weighted by molar-refractivity contribution is 0.181. The number of halogens is 3. The van der Waals surface area contributed by atoms with Gasteiger partial charge in [0.25, 0.3) is 0 Å². The summed E-state index contributed by atoms with van der Waals surface area (Å²) >= 11 is 12.0. The van der Waals surface area contributed by atoms with E-state index in [0.29, 0.717) is 40.6 Å². The molecule has 0 aliphatic carbocycles. The van der Waals surface area contributed by atoms with Crippen LogP contribution in [0.25, 0.3) is 0 Å². The van der Waals surface area contributed by atoms with E-state index in [1.54, 1.807) is 24.4 Å². The van der Waals surface area contributed by atoms with Crippen LogP contribution in [0.4, 0.5) is 0 Å². The summed E-state index contributed by atoms with van der Waals surface area (Å²) in [6.07, 6.45) is 2.97. The van der Waals surface area contributed by atoms with E-state index in [-0.39, 0.29) is 24.0 Å². The predicted octanol–water partition coefficient (Wildman–Crippen LogP) is 3.73. The molecule has 0 aliphatic heterocycles. The molecule has 2 aromatic rings. The van der Waals surface area contributed by atoms with E-state index >= 15 is 0 Å². The van der Waals surface area contributed by atoms with Crippen LogP contribution in [0.2, 0.25) is 10.0 Å². The average Bonchev–Trinajstić information content (AvgIpc) is 3.09. The summed E-state index contributed by atoms with van der Waals surface area (Å²) in [4.78, 5) is 4.58. The molecule has 0 spiro atoms. The molecule has 9 heteroatoms. The van der Waals surface area contributed by atoms with Crippen molar-refractivity contribution in [1.82, 2.24) is 20.4 Å². The molecule has 1 aromatic heterocycles. The van der Waals surface area contributed by atoms with Crippen LogP contribution >= 0.6 is 47.2 Å². The van der Waals surface area contributed by atoms with Gasteiger partial charge in [0.2, 0.25) is 0 Å². The molecule has 0 fully saturated rings. The normalized spacial score (nSPS) is 13.6. The van der Waals surface area contributed by atoms with Gasteiger partial charge in [-0.3, -0.25) is 9.67 Å². The largest absolute Gasteiger partial charge is 0.387 e. The summed E-state index contributed by atoms with van der Waals surface area (Å²) in [6.45, 7) is 6.61. The molecule has 0 aliphatic rings. The third kappa shape index (κ3) is 8.68. The quantitative estimate of drug-likeness (QED) is 0.279. The molecule has 2 rings (SSSR count). The summed E-state index contributed by atoms with van der Waals surface area (Å²) in [6, 6.07) is 6.95. The summed E-state index contributed by atoms with van der Waals surface area (Å²) in [5.41, 5.74) is 0.665. The molecule has 3 N–H and O–H groups in total. The number of rotatable bonds is 8. The molecule has 2 unspecified atom stereocenters. The van der Waals surface area contributed by atoms with E-state index < -0.39 is 6.10 Å². The molecule has 150 valence electrons. The first-order valence-electron chi connectivity index (χ1n) is 8.61. The molecular weight excluding hydrogens is 500 g/mol. The van der Waals surface area contributed by atoms with Crippen molar-refractivity contribution < 1.29 is 5.11 Å². The highest BCUT2D eigenvalue weighted by molar-refractivity contribution is 14.0. The van der Waals surface area contributed by atoms with E-state index in [1.807, 2.05) is 23.9 Å². The highest BCUT2D eigenvalue weighted by Gasteiger charge is 2.11. The van der Waals surface area contributed by atoms with Gasteiger partial charge in [0.1, 0.15) is 0 Å². The Kier molecular flexibility index (Phi) is 11.1. The van der Waals surface area contributed by atoms with Crippen LogP contribution in [-0.2, 0) is 6.54 Å². The van der Waals surface area contributed by atoms with Crippen molar-refractivity contribution in [2.75, 3.05) is 19.6 Å². The lowest BCUT2D eigenvalue weighted by atomic mass is 10.1. The van der Waals surface area contributed by atoms with Crippen LogP contribution in [0.1, 0.15) is 25.5 Å². The maximum absolute atomic E-state index is 10.4. The van der Waals surface area contributed by atoms with Gasteiger partial charge in [0.15, 0.2) is 5.96 Å². The smallest absolute Gasteiger partial charge is 0.191 e. The fourth-order valence-electron chi connectivity index (χ4n) is 2.45. The van der Waals surface area contributed by atoms with Gasteiger partial charge in [-0.15, -0.1) is 24.0 Å². The SMILES string of the molecule is CCNC(=NCC(C)Cn1cccn1)NCC(O)c1cc(Cl)cc(Cl)c1.I. The lowest BCUT2D eigenvalue weighted by Crippen LogP contribution is -2.39. The Morgan fingerprint density at radius 3 is 2.56 bits per heavy atom. The van der Waals surface area contributed by atoms with Gasteiger partial charge in [-0.05, 0) is 42.7 Å². The summed E-state index contributed by atoms with van der Waals surface area (Å²) in [5, 5.41) is 21.9. The van der Waals surface area contributed by atoms with Crippen LogP contribution in [-0.4, -0.2) is 40.5 Å². The number of aliphatic hydroxyl groups is 1. The molecule has 0 amide bonds. The van der Waals surface area contributed by atoms with Crippen LogP contribution in [0.5, 0.6) is 0 Å². The molecule has 1 aromatic carbocycles. The standard InChI is InChI=1S/C18H25Cl2N5O.HI/c1-3-21-18(22-10-13(2)12-25-6-4-5-24-25)23-11-17(26)14-7-15(19)9-16(20)8-14;/h4-9,13,17,26H,3,10-12H2,1-2H3,(H2,21,22,23);1H. The minimum absolute atomic E-state index is 0. The number of aromatic nitrogens is 2. The summed E-state index contributed by atoms with van der Waals surface area (Å²) < 4.78 is 1.90. The molecule has 27 heavy (non-hydrogen) atoms.